The Morgan fingerprint density at radius 2 is 2.00 bits per heavy atom. The van der Waals surface area contributed by atoms with Crippen LogP contribution in [0.4, 0.5) is 11.4 Å². The Morgan fingerprint density at radius 3 is 2.83 bits per heavy atom. The first-order chi connectivity index (χ1) is 13.9. The molecule has 0 saturated heterocycles. The number of nitrogens with zero attached hydrogens (tertiary/aromatic N) is 1. The third-order valence-corrected chi connectivity index (χ3v) is 4.91. The van der Waals surface area contributed by atoms with Gasteiger partial charge in [-0.05, 0) is 43.7 Å². The number of ether oxygens (including phenoxy) is 1. The number of aryl methyl sites for hydroxylation is 1. The smallest absolute Gasteiger partial charge is 0.336 e. The largest absolute Gasteiger partial charge is 0.484 e. The van der Waals surface area contributed by atoms with Crippen LogP contribution in [0.25, 0.3) is 11.0 Å². The number of carbonyl (C=O) groups excluding carboxylic acids is 2. The predicted octanol–water partition coefficient (Wildman–Crippen LogP) is 3.24. The van der Waals surface area contributed by atoms with Crippen molar-refractivity contribution < 1.29 is 18.7 Å². The van der Waals surface area contributed by atoms with Crippen LogP contribution in [0.1, 0.15) is 18.9 Å². The van der Waals surface area contributed by atoms with Gasteiger partial charge in [0.25, 0.3) is 5.91 Å². The summed E-state index contributed by atoms with van der Waals surface area (Å²) in [7, 11) is 0. The number of anilines is 2. The molecule has 0 aliphatic carbocycles. The molecule has 2 aromatic carbocycles. The number of nitrogens with one attached hydrogen (secondary N) is 1. The van der Waals surface area contributed by atoms with Gasteiger partial charge in [-0.2, -0.15) is 0 Å². The predicted molar refractivity (Wildman–Crippen MR) is 109 cm³/mol. The molecular weight excluding hydrogens is 372 g/mol. The Labute approximate surface area is 166 Å². The summed E-state index contributed by atoms with van der Waals surface area (Å²) in [6, 6.07) is 13.4. The average molecular weight is 392 g/mol. The lowest BCUT2D eigenvalue weighted by atomic mass is 10.1. The summed E-state index contributed by atoms with van der Waals surface area (Å²) in [5.41, 5.74) is 2.02. The van der Waals surface area contributed by atoms with Gasteiger partial charge in [-0.15, -0.1) is 0 Å². The van der Waals surface area contributed by atoms with Crippen molar-refractivity contribution >= 4 is 34.2 Å². The Hall–Kier alpha value is -3.61. The number of para-hydroxylation sites is 2. The molecule has 1 aromatic heterocycles. The highest BCUT2D eigenvalue weighted by Gasteiger charge is 2.29. The maximum Gasteiger partial charge on any atom is 0.336 e. The molecule has 3 aromatic rings. The normalized spacial score (nSPS) is 16.1. The number of rotatable bonds is 3. The van der Waals surface area contributed by atoms with E-state index < -0.39 is 5.63 Å². The minimum Gasteiger partial charge on any atom is -0.484 e. The van der Waals surface area contributed by atoms with E-state index in [0.717, 1.165) is 10.9 Å². The molecule has 7 nitrogen and oxygen atoms in total. The topological polar surface area (TPSA) is 88.8 Å². The third kappa shape index (κ3) is 3.71. The second-order valence-electron chi connectivity index (χ2n) is 7.08. The zero-order chi connectivity index (χ0) is 20.5. The Kier molecular flexibility index (Phi) is 4.80. The fourth-order valence-electron chi connectivity index (χ4n) is 3.58. The first-order valence-electron chi connectivity index (χ1n) is 9.30. The first kappa shape index (κ1) is 18.7. The fraction of sp³-hybridized carbons (Fsp3) is 0.227. The standard InChI is InChI=1S/C22H20N2O5/c1-13-9-22(27)29-19-11-15(7-8-16(13)19)28-12-21(26)24-14(2)10-20(25)23-17-5-3-4-6-18(17)24/h3-9,11,14H,10,12H2,1-2H3,(H,23,25)/t14-/m1/s1. The molecule has 0 bridgehead atoms. The molecule has 148 valence electrons. The summed E-state index contributed by atoms with van der Waals surface area (Å²) < 4.78 is 10.9. The van der Waals surface area contributed by atoms with Crippen molar-refractivity contribution in [2.24, 2.45) is 0 Å². The third-order valence-electron chi connectivity index (χ3n) is 4.91. The molecule has 1 aliphatic rings. The summed E-state index contributed by atoms with van der Waals surface area (Å²) in [4.78, 5) is 38.2. The van der Waals surface area contributed by atoms with Gasteiger partial charge in [-0.1, -0.05) is 12.1 Å². The van der Waals surface area contributed by atoms with Crippen LogP contribution in [0, 0.1) is 6.92 Å². The van der Waals surface area contributed by atoms with Crippen LogP contribution in [0.3, 0.4) is 0 Å². The minimum absolute atomic E-state index is 0.138. The number of benzene rings is 2. The van der Waals surface area contributed by atoms with E-state index in [1.807, 2.05) is 19.9 Å². The summed E-state index contributed by atoms with van der Waals surface area (Å²) in [5, 5.41) is 3.63. The number of carbonyl (C=O) groups is 2. The van der Waals surface area contributed by atoms with Gasteiger partial charge in [0.05, 0.1) is 11.4 Å². The highest BCUT2D eigenvalue weighted by Crippen LogP contribution is 2.31. The zero-order valence-corrected chi connectivity index (χ0v) is 16.1. The minimum atomic E-state index is -0.435. The van der Waals surface area contributed by atoms with Crippen molar-refractivity contribution in [1.29, 1.82) is 0 Å². The molecule has 0 unspecified atom stereocenters. The van der Waals surface area contributed by atoms with Gasteiger partial charge >= 0.3 is 5.63 Å². The van der Waals surface area contributed by atoms with E-state index >= 15 is 0 Å². The monoisotopic (exact) mass is 392 g/mol. The van der Waals surface area contributed by atoms with E-state index in [2.05, 4.69) is 5.32 Å². The van der Waals surface area contributed by atoms with E-state index in [9.17, 15) is 14.4 Å². The molecule has 4 rings (SSSR count). The Morgan fingerprint density at radius 1 is 1.21 bits per heavy atom. The highest BCUT2D eigenvalue weighted by molar-refractivity contribution is 6.04. The molecule has 2 amide bonds. The summed E-state index contributed by atoms with van der Waals surface area (Å²) >= 11 is 0. The quantitative estimate of drug-likeness (QED) is 0.691. The van der Waals surface area contributed by atoms with Crippen LogP contribution in [0.5, 0.6) is 5.75 Å². The van der Waals surface area contributed by atoms with Crippen LogP contribution in [-0.4, -0.2) is 24.5 Å². The van der Waals surface area contributed by atoms with E-state index in [1.165, 1.54) is 6.07 Å². The molecule has 7 heteroatoms. The van der Waals surface area contributed by atoms with E-state index in [4.69, 9.17) is 9.15 Å². The maximum atomic E-state index is 13.0. The van der Waals surface area contributed by atoms with E-state index in [-0.39, 0.29) is 30.9 Å². The van der Waals surface area contributed by atoms with Gasteiger partial charge in [0.1, 0.15) is 11.3 Å². The van der Waals surface area contributed by atoms with Crippen molar-refractivity contribution in [2.75, 3.05) is 16.8 Å². The Bertz CT molecular complexity index is 1170. The van der Waals surface area contributed by atoms with Gasteiger partial charge in [0, 0.05) is 30.0 Å². The molecule has 1 aliphatic heterocycles. The second kappa shape index (κ2) is 7.43. The number of hydrogen-bond donors (Lipinski definition) is 1. The van der Waals surface area contributed by atoms with Crippen LogP contribution in [-0.2, 0) is 9.59 Å². The summed E-state index contributed by atoms with van der Waals surface area (Å²) in [6.07, 6.45) is 0.195. The second-order valence-corrected chi connectivity index (χ2v) is 7.08. The molecule has 1 N–H and O–H groups in total. The van der Waals surface area contributed by atoms with Crippen LogP contribution in [0.15, 0.2) is 57.7 Å². The van der Waals surface area contributed by atoms with Gasteiger partial charge in [0.2, 0.25) is 5.91 Å². The molecule has 0 fully saturated rings. The number of amides is 2. The molecule has 0 spiro atoms. The average Bonchev–Trinajstić information content (AvgIpc) is 2.79. The number of fused-ring (bicyclic) bond motifs is 2. The van der Waals surface area contributed by atoms with Gasteiger partial charge < -0.3 is 19.4 Å². The van der Waals surface area contributed by atoms with Gasteiger partial charge in [0.15, 0.2) is 6.61 Å². The van der Waals surface area contributed by atoms with Gasteiger partial charge in [-0.25, -0.2) is 4.79 Å². The maximum absolute atomic E-state index is 13.0. The van der Waals surface area contributed by atoms with Crippen molar-refractivity contribution in [3.63, 3.8) is 0 Å². The highest BCUT2D eigenvalue weighted by atomic mass is 16.5. The van der Waals surface area contributed by atoms with Crippen molar-refractivity contribution in [1.82, 2.24) is 0 Å². The fourth-order valence-corrected chi connectivity index (χ4v) is 3.58. The van der Waals surface area contributed by atoms with Crippen molar-refractivity contribution in [3.05, 3.63) is 64.5 Å². The van der Waals surface area contributed by atoms with Crippen molar-refractivity contribution in [3.8, 4) is 5.75 Å². The zero-order valence-electron chi connectivity index (χ0n) is 16.1. The number of hydrogen-bond acceptors (Lipinski definition) is 5. The molecule has 1 atom stereocenters. The molecule has 0 saturated carbocycles. The first-order valence-corrected chi connectivity index (χ1v) is 9.30. The van der Waals surface area contributed by atoms with Crippen LogP contribution < -0.4 is 20.6 Å². The lowest BCUT2D eigenvalue weighted by molar-refractivity contribution is -0.121. The summed E-state index contributed by atoms with van der Waals surface area (Å²) in [5.74, 6) is 0.0119. The summed E-state index contributed by atoms with van der Waals surface area (Å²) in [6.45, 7) is 3.44. The van der Waals surface area contributed by atoms with E-state index in [0.29, 0.717) is 22.7 Å². The lowest BCUT2D eigenvalue weighted by Gasteiger charge is -2.27. The molecule has 29 heavy (non-hydrogen) atoms. The van der Waals surface area contributed by atoms with Crippen molar-refractivity contribution in [2.45, 2.75) is 26.3 Å². The lowest BCUT2D eigenvalue weighted by Crippen LogP contribution is -2.41. The molecule has 0 radical (unpaired) electrons. The van der Waals surface area contributed by atoms with Crippen LogP contribution in [0.2, 0.25) is 0 Å². The Balaban J connectivity index is 1.57. The molecular formula is C22H20N2O5. The molecule has 2 heterocycles. The van der Waals surface area contributed by atoms with Gasteiger partial charge in [-0.3, -0.25) is 9.59 Å². The van der Waals surface area contributed by atoms with Crippen LogP contribution >= 0.6 is 0 Å². The SMILES string of the molecule is Cc1cc(=O)oc2cc(OCC(=O)N3c4ccccc4NC(=O)C[C@H]3C)ccc12. The van der Waals surface area contributed by atoms with E-state index in [1.54, 1.807) is 41.3 Å².